The molecule has 7 heteroatoms. The zero-order valence-corrected chi connectivity index (χ0v) is 16.7. The summed E-state index contributed by atoms with van der Waals surface area (Å²) in [5.74, 6) is -0.685. The summed E-state index contributed by atoms with van der Waals surface area (Å²) in [6.07, 6.45) is 0. The van der Waals surface area contributed by atoms with Gasteiger partial charge in [-0.2, -0.15) is 0 Å². The third-order valence-electron chi connectivity index (χ3n) is 4.38. The summed E-state index contributed by atoms with van der Waals surface area (Å²) in [4.78, 5) is 12.3. The Morgan fingerprint density at radius 3 is 1.97 bits per heavy atom. The van der Waals surface area contributed by atoms with Crippen LogP contribution in [0.1, 0.15) is 27.0 Å². The number of carbonyl (C=O) groups excluding carboxylic acids is 1. The van der Waals surface area contributed by atoms with E-state index in [2.05, 4.69) is 10.0 Å². The number of benzene rings is 3. The summed E-state index contributed by atoms with van der Waals surface area (Å²) in [5, 5.41) is 2.76. The van der Waals surface area contributed by atoms with Crippen molar-refractivity contribution in [3.63, 3.8) is 0 Å². The number of sulfonamides is 1. The minimum atomic E-state index is -3.57. The molecule has 0 saturated carbocycles. The lowest BCUT2D eigenvalue weighted by atomic mass is 10.1. The van der Waals surface area contributed by atoms with Gasteiger partial charge in [0.15, 0.2) is 0 Å². The fraction of sp³-hybridized carbons (Fsp3) is 0.136. The van der Waals surface area contributed by atoms with Gasteiger partial charge in [-0.05, 0) is 54.4 Å². The van der Waals surface area contributed by atoms with Gasteiger partial charge in [-0.3, -0.25) is 4.79 Å². The zero-order chi connectivity index (χ0) is 20.9. The molecule has 0 aliphatic rings. The molecule has 0 aliphatic heterocycles. The Kier molecular flexibility index (Phi) is 6.41. The van der Waals surface area contributed by atoms with Gasteiger partial charge in [-0.15, -0.1) is 0 Å². The molecule has 29 heavy (non-hydrogen) atoms. The molecule has 3 rings (SSSR count). The molecule has 150 valence electrons. The van der Waals surface area contributed by atoms with E-state index >= 15 is 0 Å². The normalized spacial score (nSPS) is 11.2. The first-order valence-electron chi connectivity index (χ1n) is 9.01. The average Bonchev–Trinajstić information content (AvgIpc) is 2.72. The predicted octanol–water partition coefficient (Wildman–Crippen LogP) is 3.54. The van der Waals surface area contributed by atoms with E-state index in [1.165, 1.54) is 24.3 Å². The molecule has 0 aromatic heterocycles. The minimum absolute atomic E-state index is 0.165. The maximum Gasteiger partial charge on any atom is 0.251 e. The molecule has 0 fully saturated rings. The Bertz CT molecular complexity index is 1080. The summed E-state index contributed by atoms with van der Waals surface area (Å²) in [6.45, 7) is 2.37. The van der Waals surface area contributed by atoms with Crippen LogP contribution in [0.25, 0.3) is 0 Å². The summed E-state index contributed by atoms with van der Waals surface area (Å²) >= 11 is 0. The molecule has 0 spiro atoms. The van der Waals surface area contributed by atoms with Crippen molar-refractivity contribution in [1.29, 1.82) is 0 Å². The summed E-state index contributed by atoms with van der Waals surface area (Å²) in [6, 6.07) is 19.2. The van der Waals surface area contributed by atoms with Crippen molar-refractivity contribution in [1.82, 2.24) is 10.0 Å². The molecule has 3 aromatic carbocycles. The van der Waals surface area contributed by atoms with E-state index in [0.717, 1.165) is 16.7 Å². The van der Waals surface area contributed by atoms with Crippen LogP contribution in [0.3, 0.4) is 0 Å². The van der Waals surface area contributed by atoms with Crippen LogP contribution in [-0.2, 0) is 23.1 Å². The quantitative estimate of drug-likeness (QED) is 0.623. The molecule has 2 N–H and O–H groups in total. The van der Waals surface area contributed by atoms with Crippen LogP contribution < -0.4 is 10.0 Å². The number of rotatable bonds is 7. The molecule has 3 aromatic rings. The maximum absolute atomic E-state index is 12.9. The highest BCUT2D eigenvalue weighted by atomic mass is 32.2. The largest absolute Gasteiger partial charge is 0.348 e. The van der Waals surface area contributed by atoms with Gasteiger partial charge in [0.05, 0.1) is 4.90 Å². The number of nitrogens with one attached hydrogen (secondary N) is 2. The highest BCUT2D eigenvalue weighted by molar-refractivity contribution is 7.89. The molecular weight excluding hydrogens is 391 g/mol. The second-order valence-corrected chi connectivity index (χ2v) is 8.41. The Hall–Kier alpha value is -3.03. The van der Waals surface area contributed by atoms with E-state index < -0.39 is 15.8 Å². The molecule has 0 saturated heterocycles. The number of amides is 1. The van der Waals surface area contributed by atoms with Crippen LogP contribution in [-0.4, -0.2) is 14.3 Å². The van der Waals surface area contributed by atoms with Crippen molar-refractivity contribution in [3.05, 3.63) is 101 Å². The standard InChI is InChI=1S/C22H21FN2O3S/c1-16-2-12-21(13-3-16)29(27,28)25-15-18-6-4-17(5-7-18)14-24-22(26)19-8-10-20(23)11-9-19/h2-13,25H,14-15H2,1H3,(H,24,26). The van der Waals surface area contributed by atoms with Crippen LogP contribution >= 0.6 is 0 Å². The molecule has 5 nitrogen and oxygen atoms in total. The van der Waals surface area contributed by atoms with Gasteiger partial charge in [0.25, 0.3) is 5.91 Å². The number of hydrogen-bond acceptors (Lipinski definition) is 3. The molecule has 0 radical (unpaired) electrons. The third kappa shape index (κ3) is 5.73. The molecule has 0 heterocycles. The van der Waals surface area contributed by atoms with E-state index in [9.17, 15) is 17.6 Å². The third-order valence-corrected chi connectivity index (χ3v) is 5.80. The molecular formula is C22H21FN2O3S. The van der Waals surface area contributed by atoms with E-state index in [0.29, 0.717) is 12.1 Å². The minimum Gasteiger partial charge on any atom is -0.348 e. The fourth-order valence-corrected chi connectivity index (χ4v) is 3.66. The predicted molar refractivity (Wildman–Crippen MR) is 109 cm³/mol. The van der Waals surface area contributed by atoms with E-state index in [-0.39, 0.29) is 17.3 Å². The van der Waals surface area contributed by atoms with Crippen LogP contribution in [0.5, 0.6) is 0 Å². The first-order valence-corrected chi connectivity index (χ1v) is 10.5. The van der Waals surface area contributed by atoms with Gasteiger partial charge >= 0.3 is 0 Å². The van der Waals surface area contributed by atoms with Crippen molar-refractivity contribution in [2.24, 2.45) is 0 Å². The molecule has 0 atom stereocenters. The highest BCUT2D eigenvalue weighted by Gasteiger charge is 2.13. The summed E-state index contributed by atoms with van der Waals surface area (Å²) in [7, 11) is -3.57. The Morgan fingerprint density at radius 1 is 0.828 bits per heavy atom. The number of carbonyl (C=O) groups is 1. The lowest BCUT2D eigenvalue weighted by molar-refractivity contribution is 0.0951. The zero-order valence-electron chi connectivity index (χ0n) is 15.9. The Balaban J connectivity index is 1.54. The van der Waals surface area contributed by atoms with Crippen LogP contribution in [0.2, 0.25) is 0 Å². The van der Waals surface area contributed by atoms with Crippen molar-refractivity contribution in [2.45, 2.75) is 24.9 Å². The molecule has 1 amide bonds. The monoisotopic (exact) mass is 412 g/mol. The second-order valence-electron chi connectivity index (χ2n) is 6.64. The first kappa shape index (κ1) is 20.7. The van der Waals surface area contributed by atoms with Gasteiger partial charge in [0.2, 0.25) is 10.0 Å². The SMILES string of the molecule is Cc1ccc(S(=O)(=O)NCc2ccc(CNC(=O)c3ccc(F)cc3)cc2)cc1. The lowest BCUT2D eigenvalue weighted by Crippen LogP contribution is -2.23. The Morgan fingerprint density at radius 2 is 1.38 bits per heavy atom. The molecule has 0 aliphatic carbocycles. The molecule has 0 bridgehead atoms. The van der Waals surface area contributed by atoms with Crippen LogP contribution in [0.15, 0.2) is 77.7 Å². The van der Waals surface area contributed by atoms with Crippen molar-refractivity contribution in [2.75, 3.05) is 0 Å². The number of halogens is 1. The topological polar surface area (TPSA) is 75.3 Å². The van der Waals surface area contributed by atoms with E-state index in [4.69, 9.17) is 0 Å². The van der Waals surface area contributed by atoms with Crippen LogP contribution in [0, 0.1) is 12.7 Å². The maximum atomic E-state index is 12.9. The number of aryl methyl sites for hydroxylation is 1. The van der Waals surface area contributed by atoms with Gasteiger partial charge in [-0.25, -0.2) is 17.5 Å². The van der Waals surface area contributed by atoms with Crippen LogP contribution in [0.4, 0.5) is 4.39 Å². The highest BCUT2D eigenvalue weighted by Crippen LogP contribution is 2.11. The van der Waals surface area contributed by atoms with Crippen molar-refractivity contribution >= 4 is 15.9 Å². The van der Waals surface area contributed by atoms with E-state index in [1.807, 2.05) is 19.1 Å². The second kappa shape index (κ2) is 8.98. The summed E-state index contributed by atoms with van der Waals surface area (Å²) in [5.41, 5.74) is 3.04. The first-order chi connectivity index (χ1) is 13.8. The van der Waals surface area contributed by atoms with E-state index in [1.54, 1.807) is 36.4 Å². The van der Waals surface area contributed by atoms with Gasteiger partial charge in [0, 0.05) is 18.7 Å². The Labute approximate surface area is 169 Å². The average molecular weight is 412 g/mol. The van der Waals surface area contributed by atoms with Crippen molar-refractivity contribution < 1.29 is 17.6 Å². The lowest BCUT2D eigenvalue weighted by Gasteiger charge is -2.09. The fourth-order valence-electron chi connectivity index (χ4n) is 2.64. The van der Waals surface area contributed by atoms with Gasteiger partial charge in [0.1, 0.15) is 5.82 Å². The number of hydrogen-bond donors (Lipinski definition) is 2. The van der Waals surface area contributed by atoms with Gasteiger partial charge < -0.3 is 5.32 Å². The van der Waals surface area contributed by atoms with Gasteiger partial charge in [-0.1, -0.05) is 42.0 Å². The smallest absolute Gasteiger partial charge is 0.251 e. The molecule has 0 unspecified atom stereocenters. The summed E-state index contributed by atoms with van der Waals surface area (Å²) < 4.78 is 40.2. The van der Waals surface area contributed by atoms with Crippen molar-refractivity contribution in [3.8, 4) is 0 Å².